The Hall–Kier alpha value is -4.14. The minimum atomic E-state index is -0.223. The number of carbonyl (C=O) groups excluding carboxylic acids is 2. The number of nitrogens with two attached hydrogens (primary N) is 2. The summed E-state index contributed by atoms with van der Waals surface area (Å²) in [5.41, 5.74) is 15.4. The molecule has 1 atom stereocenters. The average Bonchev–Trinajstić information content (AvgIpc) is 3.02. The van der Waals surface area contributed by atoms with Crippen LogP contribution in [-0.2, 0) is 32.2 Å². The summed E-state index contributed by atoms with van der Waals surface area (Å²) in [6.07, 6.45) is 19.6. The lowest BCUT2D eigenvalue weighted by atomic mass is 9.99. The van der Waals surface area contributed by atoms with Gasteiger partial charge in [0, 0.05) is 37.6 Å². The molecule has 2 rings (SSSR count). The van der Waals surface area contributed by atoms with Gasteiger partial charge in [0.2, 0.25) is 0 Å². The number of benzene rings is 2. The van der Waals surface area contributed by atoms with Crippen LogP contribution in [0.1, 0.15) is 56.1 Å². The summed E-state index contributed by atoms with van der Waals surface area (Å²) < 4.78 is 10.5. The summed E-state index contributed by atoms with van der Waals surface area (Å²) in [7, 11) is 0. The number of para-hydroxylation sites is 2. The quantitative estimate of drug-likeness (QED) is 0.0526. The second kappa shape index (κ2) is 23.3. The summed E-state index contributed by atoms with van der Waals surface area (Å²) in [4.78, 5) is 23.8. The zero-order valence-electron chi connectivity index (χ0n) is 25.9. The summed E-state index contributed by atoms with van der Waals surface area (Å²) in [6.45, 7) is 6.87. The number of hydrogen-bond donors (Lipinski definition) is 4. The molecule has 0 bridgehead atoms. The van der Waals surface area contributed by atoms with Crippen molar-refractivity contribution in [2.45, 2.75) is 58.0 Å². The molecule has 0 heterocycles. The van der Waals surface area contributed by atoms with E-state index in [-0.39, 0.29) is 18.5 Å². The van der Waals surface area contributed by atoms with Gasteiger partial charge in [-0.25, -0.2) is 0 Å². The summed E-state index contributed by atoms with van der Waals surface area (Å²) >= 11 is 0. The highest BCUT2D eigenvalue weighted by molar-refractivity contribution is 5.70. The molecule has 0 fully saturated rings. The van der Waals surface area contributed by atoms with Gasteiger partial charge < -0.3 is 31.6 Å². The van der Waals surface area contributed by atoms with E-state index >= 15 is 0 Å². The molecule has 0 aromatic heterocycles. The number of nitrogen functional groups attached to an aromatic ring is 2. The Morgan fingerprint density at radius 2 is 1.18 bits per heavy atom. The first kappa shape index (κ1) is 36.1. The van der Waals surface area contributed by atoms with E-state index in [9.17, 15) is 9.59 Å². The Morgan fingerprint density at radius 3 is 1.70 bits per heavy atom. The van der Waals surface area contributed by atoms with Gasteiger partial charge in [0.1, 0.15) is 13.2 Å². The lowest BCUT2D eigenvalue weighted by molar-refractivity contribution is -0.143. The number of carbonyl (C=O) groups is 2. The minimum Gasteiger partial charge on any atom is -0.461 e. The number of unbranched alkanes of at least 4 members (excludes halogenated alkanes) is 1. The predicted octanol–water partition coefficient (Wildman–Crippen LogP) is 6.02. The van der Waals surface area contributed by atoms with E-state index in [1.54, 1.807) is 0 Å². The van der Waals surface area contributed by atoms with Crippen molar-refractivity contribution in [3.05, 3.63) is 109 Å². The Morgan fingerprint density at radius 1 is 0.705 bits per heavy atom. The third kappa shape index (κ3) is 17.1. The third-order valence-electron chi connectivity index (χ3n) is 6.91. The molecule has 6 N–H and O–H groups in total. The van der Waals surface area contributed by atoms with Gasteiger partial charge >= 0.3 is 11.9 Å². The van der Waals surface area contributed by atoms with Crippen LogP contribution < -0.4 is 22.1 Å². The van der Waals surface area contributed by atoms with Gasteiger partial charge in [-0.15, -0.1) is 6.58 Å². The first-order valence-electron chi connectivity index (χ1n) is 15.5. The lowest BCUT2D eigenvalue weighted by Crippen LogP contribution is -2.19. The van der Waals surface area contributed by atoms with Crippen LogP contribution >= 0.6 is 0 Å². The molecular weight excluding hydrogens is 552 g/mol. The van der Waals surface area contributed by atoms with Crippen LogP contribution in [0.25, 0.3) is 0 Å². The maximum Gasteiger partial charge on any atom is 0.307 e. The van der Waals surface area contributed by atoms with Crippen molar-refractivity contribution in [3.63, 3.8) is 0 Å². The van der Waals surface area contributed by atoms with E-state index in [0.717, 1.165) is 54.6 Å². The normalized spacial score (nSPS) is 12.2. The van der Waals surface area contributed by atoms with Gasteiger partial charge in [0.25, 0.3) is 0 Å². The number of ether oxygens (including phenoxy) is 2. The van der Waals surface area contributed by atoms with Gasteiger partial charge in [-0.1, -0.05) is 78.9 Å². The molecule has 44 heavy (non-hydrogen) atoms. The Labute approximate surface area is 263 Å². The van der Waals surface area contributed by atoms with E-state index in [2.05, 4.69) is 35.4 Å². The molecule has 8 nitrogen and oxygen atoms in total. The first-order valence-corrected chi connectivity index (χ1v) is 15.5. The second-order valence-electron chi connectivity index (χ2n) is 10.4. The standard InChI is InChI=1S/C36H50N4O4/c1-2-30(17-13-15-27-44-36(42)23-25-40-29-32-19-10-12-21-34(32)38)16-8-6-4-3-5-7-14-26-43-35(41)22-24-39-28-31-18-9-11-20-33(31)37/h2,4,6-7,9-15,18-21,30,39-40H,1,3,5,8,16-17,22-29,37-38H2/b6-4+,14-7+,15-13+. The molecule has 2 aromatic carbocycles. The number of allylic oxidation sites excluding steroid dienone is 5. The topological polar surface area (TPSA) is 129 Å². The molecular formula is C36H50N4O4. The molecule has 1 unspecified atom stereocenters. The number of esters is 2. The van der Waals surface area contributed by atoms with Crippen LogP contribution in [0.4, 0.5) is 11.4 Å². The molecule has 238 valence electrons. The molecule has 0 saturated heterocycles. The number of anilines is 2. The van der Waals surface area contributed by atoms with E-state index < -0.39 is 0 Å². The third-order valence-corrected chi connectivity index (χ3v) is 6.91. The van der Waals surface area contributed by atoms with Crippen LogP contribution in [0, 0.1) is 5.92 Å². The Balaban J connectivity index is 1.42. The van der Waals surface area contributed by atoms with Crippen molar-refractivity contribution in [1.29, 1.82) is 0 Å². The first-order chi connectivity index (χ1) is 21.5. The van der Waals surface area contributed by atoms with Gasteiger partial charge in [0.15, 0.2) is 0 Å². The van der Waals surface area contributed by atoms with Crippen LogP contribution in [0.3, 0.4) is 0 Å². The molecule has 0 amide bonds. The van der Waals surface area contributed by atoms with Crippen LogP contribution in [0.5, 0.6) is 0 Å². The van der Waals surface area contributed by atoms with Crippen LogP contribution in [0.2, 0.25) is 0 Å². The van der Waals surface area contributed by atoms with Crippen molar-refractivity contribution < 1.29 is 19.1 Å². The largest absolute Gasteiger partial charge is 0.461 e. The molecule has 0 saturated carbocycles. The highest BCUT2D eigenvalue weighted by atomic mass is 16.5. The number of hydrogen-bond acceptors (Lipinski definition) is 8. The summed E-state index contributed by atoms with van der Waals surface area (Å²) in [5.74, 6) is -0.0637. The van der Waals surface area contributed by atoms with Crippen molar-refractivity contribution in [2.75, 3.05) is 37.8 Å². The molecule has 0 aliphatic heterocycles. The fraction of sp³-hybridized carbons (Fsp3) is 0.389. The minimum absolute atomic E-state index is 0.218. The lowest BCUT2D eigenvalue weighted by Gasteiger charge is -2.08. The highest BCUT2D eigenvalue weighted by Gasteiger charge is 2.04. The molecule has 8 heteroatoms. The van der Waals surface area contributed by atoms with Gasteiger partial charge in [-0.3, -0.25) is 9.59 Å². The van der Waals surface area contributed by atoms with Crippen molar-refractivity contribution in [1.82, 2.24) is 10.6 Å². The smallest absolute Gasteiger partial charge is 0.307 e. The zero-order chi connectivity index (χ0) is 31.7. The molecule has 0 aliphatic rings. The fourth-order valence-corrected chi connectivity index (χ4v) is 4.24. The Bertz CT molecular complexity index is 1210. The van der Waals surface area contributed by atoms with Crippen molar-refractivity contribution in [3.8, 4) is 0 Å². The van der Waals surface area contributed by atoms with E-state index in [0.29, 0.717) is 51.5 Å². The zero-order valence-corrected chi connectivity index (χ0v) is 25.9. The van der Waals surface area contributed by atoms with Crippen LogP contribution in [-0.4, -0.2) is 38.2 Å². The van der Waals surface area contributed by atoms with Gasteiger partial charge in [-0.05, 0) is 61.3 Å². The number of rotatable bonds is 23. The van der Waals surface area contributed by atoms with Crippen molar-refractivity contribution in [2.24, 2.45) is 5.92 Å². The molecule has 2 aromatic rings. The molecule has 0 aliphatic carbocycles. The van der Waals surface area contributed by atoms with Gasteiger partial charge in [-0.2, -0.15) is 0 Å². The van der Waals surface area contributed by atoms with Crippen LogP contribution in [0.15, 0.2) is 97.6 Å². The SMILES string of the molecule is C=CC(C/C=C/COC(=O)CCNCc1ccccc1N)CC/C=C/CC/C=C/COC(=O)CCNCc1ccccc1N. The van der Waals surface area contributed by atoms with E-state index in [4.69, 9.17) is 20.9 Å². The van der Waals surface area contributed by atoms with E-state index in [1.807, 2.05) is 72.8 Å². The molecule has 0 spiro atoms. The maximum absolute atomic E-state index is 11.9. The van der Waals surface area contributed by atoms with Crippen molar-refractivity contribution >= 4 is 23.3 Å². The maximum atomic E-state index is 11.9. The monoisotopic (exact) mass is 602 g/mol. The predicted molar refractivity (Wildman–Crippen MR) is 180 cm³/mol. The summed E-state index contributed by atoms with van der Waals surface area (Å²) in [5, 5.41) is 6.43. The second-order valence-corrected chi connectivity index (χ2v) is 10.4. The average molecular weight is 603 g/mol. The molecule has 0 radical (unpaired) electrons. The van der Waals surface area contributed by atoms with E-state index in [1.165, 1.54) is 0 Å². The number of nitrogens with one attached hydrogen (secondary N) is 2. The highest BCUT2D eigenvalue weighted by Crippen LogP contribution is 2.14. The van der Waals surface area contributed by atoms with Gasteiger partial charge in [0.05, 0.1) is 12.8 Å². The fourth-order valence-electron chi connectivity index (χ4n) is 4.24. The Kier molecular flexibility index (Phi) is 19.1. The summed E-state index contributed by atoms with van der Waals surface area (Å²) in [6, 6.07) is 15.4.